The van der Waals surface area contributed by atoms with Crippen molar-refractivity contribution < 1.29 is 33.3 Å². The summed E-state index contributed by atoms with van der Waals surface area (Å²) in [4.78, 5) is 39.8. The summed E-state index contributed by atoms with van der Waals surface area (Å²) < 4.78 is 21.5. The maximum absolute atomic E-state index is 13.2. The van der Waals surface area contributed by atoms with E-state index < -0.39 is 6.04 Å². The molecular weight excluding hydrogens is 478 g/mol. The average Bonchev–Trinajstić information content (AvgIpc) is 2.91. The number of nitrogens with one attached hydrogen (secondary N) is 2. The highest BCUT2D eigenvalue weighted by atomic mass is 16.5. The van der Waals surface area contributed by atoms with E-state index in [2.05, 4.69) is 10.6 Å². The van der Waals surface area contributed by atoms with Crippen LogP contribution in [-0.4, -0.2) is 76.2 Å². The zero-order valence-corrected chi connectivity index (χ0v) is 22.0. The summed E-state index contributed by atoms with van der Waals surface area (Å²) in [5, 5.41) is 5.79. The van der Waals surface area contributed by atoms with Crippen molar-refractivity contribution in [2.45, 2.75) is 38.3 Å². The minimum absolute atomic E-state index is 0.120. The Morgan fingerprint density at radius 3 is 2.05 bits per heavy atom. The van der Waals surface area contributed by atoms with E-state index in [0.29, 0.717) is 60.9 Å². The van der Waals surface area contributed by atoms with Gasteiger partial charge in [-0.05, 0) is 36.6 Å². The molecule has 1 aliphatic rings. The first kappa shape index (κ1) is 27.6. The fourth-order valence-corrected chi connectivity index (χ4v) is 4.46. The van der Waals surface area contributed by atoms with Crippen molar-refractivity contribution in [3.63, 3.8) is 0 Å². The second-order valence-electron chi connectivity index (χ2n) is 8.76. The molecule has 37 heavy (non-hydrogen) atoms. The van der Waals surface area contributed by atoms with Crippen LogP contribution in [0.4, 0.5) is 0 Å². The molecule has 1 saturated heterocycles. The molecule has 2 aromatic rings. The van der Waals surface area contributed by atoms with Crippen LogP contribution in [0.2, 0.25) is 0 Å². The average molecular weight is 514 g/mol. The van der Waals surface area contributed by atoms with Crippen LogP contribution >= 0.6 is 0 Å². The van der Waals surface area contributed by atoms with Gasteiger partial charge in [0.2, 0.25) is 17.6 Å². The van der Waals surface area contributed by atoms with Gasteiger partial charge in [0, 0.05) is 38.0 Å². The van der Waals surface area contributed by atoms with Crippen LogP contribution in [-0.2, 0) is 16.0 Å². The van der Waals surface area contributed by atoms with Gasteiger partial charge in [-0.3, -0.25) is 14.4 Å². The van der Waals surface area contributed by atoms with Gasteiger partial charge in [0.1, 0.15) is 11.8 Å². The molecule has 10 heteroatoms. The third-order valence-electron chi connectivity index (χ3n) is 6.35. The highest BCUT2D eigenvalue weighted by Gasteiger charge is 2.29. The quantitative estimate of drug-likeness (QED) is 0.500. The Labute approximate surface area is 217 Å². The lowest BCUT2D eigenvalue weighted by Crippen LogP contribution is -2.53. The Morgan fingerprint density at radius 1 is 0.919 bits per heavy atom. The summed E-state index contributed by atoms with van der Waals surface area (Å²) in [7, 11) is 6.08. The van der Waals surface area contributed by atoms with Crippen molar-refractivity contribution in [2.24, 2.45) is 0 Å². The number of ether oxygens (including phenoxy) is 4. The molecule has 1 atom stereocenters. The van der Waals surface area contributed by atoms with Crippen LogP contribution in [0.25, 0.3) is 0 Å². The molecular formula is C27H35N3O7. The van der Waals surface area contributed by atoms with E-state index >= 15 is 0 Å². The molecule has 1 aliphatic heterocycles. The number of carbonyl (C=O) groups is 3. The molecule has 0 saturated carbocycles. The first-order chi connectivity index (χ1) is 17.8. The Hall–Kier alpha value is -3.95. The monoisotopic (exact) mass is 513 g/mol. The third kappa shape index (κ3) is 6.84. The fraction of sp³-hybridized carbons (Fsp3) is 0.444. The van der Waals surface area contributed by atoms with E-state index in [0.717, 1.165) is 5.56 Å². The molecule has 1 fully saturated rings. The van der Waals surface area contributed by atoms with Gasteiger partial charge in [0.05, 0.1) is 28.4 Å². The summed E-state index contributed by atoms with van der Waals surface area (Å²) in [5.41, 5.74) is 1.25. The third-order valence-corrected chi connectivity index (χ3v) is 6.35. The summed E-state index contributed by atoms with van der Waals surface area (Å²) in [5.74, 6) is 1.18. The van der Waals surface area contributed by atoms with Crippen LogP contribution < -0.4 is 29.6 Å². The van der Waals surface area contributed by atoms with E-state index in [4.69, 9.17) is 18.9 Å². The zero-order chi connectivity index (χ0) is 26.9. The van der Waals surface area contributed by atoms with Gasteiger partial charge in [0.25, 0.3) is 5.91 Å². The number of benzene rings is 2. The van der Waals surface area contributed by atoms with Crippen molar-refractivity contribution in [1.29, 1.82) is 0 Å². The molecule has 0 aliphatic carbocycles. The van der Waals surface area contributed by atoms with E-state index in [-0.39, 0.29) is 23.8 Å². The number of likely N-dealkylation sites (tertiary alicyclic amines) is 1. The molecule has 2 N–H and O–H groups in total. The SMILES string of the molecule is COc1ccccc1C[C@@H](NC(C)=O)C(=O)NC1CCN(C(=O)c2cc(OC)c(OC)c(OC)c2)CC1. The van der Waals surface area contributed by atoms with Crippen molar-refractivity contribution in [1.82, 2.24) is 15.5 Å². The van der Waals surface area contributed by atoms with Crippen LogP contribution in [0.1, 0.15) is 35.7 Å². The lowest BCUT2D eigenvalue weighted by Gasteiger charge is -2.33. The Balaban J connectivity index is 1.63. The number of methoxy groups -OCH3 is 4. The standard InChI is InChI=1S/C27H35N3O7/c1-17(31)28-21(14-18-8-6-7-9-22(18)34-2)26(32)29-20-10-12-30(13-11-20)27(33)19-15-23(35-3)25(37-5)24(16-19)36-4/h6-9,15-16,20-21H,10-14H2,1-5H3,(H,28,31)(H,29,32)/t21-/m1/s1. The molecule has 0 aromatic heterocycles. The largest absolute Gasteiger partial charge is 0.496 e. The first-order valence-electron chi connectivity index (χ1n) is 12.1. The van der Waals surface area contributed by atoms with Crippen molar-refractivity contribution >= 4 is 17.7 Å². The van der Waals surface area contributed by atoms with Gasteiger partial charge < -0.3 is 34.5 Å². The minimum Gasteiger partial charge on any atom is -0.496 e. The van der Waals surface area contributed by atoms with Crippen molar-refractivity contribution in [2.75, 3.05) is 41.5 Å². The van der Waals surface area contributed by atoms with Crippen LogP contribution in [0.5, 0.6) is 23.0 Å². The van der Waals surface area contributed by atoms with Gasteiger partial charge in [-0.25, -0.2) is 0 Å². The van der Waals surface area contributed by atoms with Crippen LogP contribution in [0, 0.1) is 0 Å². The predicted molar refractivity (Wildman–Crippen MR) is 137 cm³/mol. The highest BCUT2D eigenvalue weighted by Crippen LogP contribution is 2.38. The summed E-state index contributed by atoms with van der Waals surface area (Å²) in [6.07, 6.45) is 1.47. The first-order valence-corrected chi connectivity index (χ1v) is 12.1. The molecule has 0 unspecified atom stereocenters. The molecule has 2 aromatic carbocycles. The molecule has 0 bridgehead atoms. The second-order valence-corrected chi connectivity index (χ2v) is 8.76. The van der Waals surface area contributed by atoms with E-state index in [1.165, 1.54) is 28.3 Å². The molecule has 200 valence electrons. The Bertz CT molecular complexity index is 1090. The maximum Gasteiger partial charge on any atom is 0.254 e. The topological polar surface area (TPSA) is 115 Å². The van der Waals surface area contributed by atoms with E-state index in [1.807, 2.05) is 24.3 Å². The van der Waals surface area contributed by atoms with Gasteiger partial charge in [-0.15, -0.1) is 0 Å². The smallest absolute Gasteiger partial charge is 0.254 e. The van der Waals surface area contributed by atoms with Crippen LogP contribution in [0.15, 0.2) is 36.4 Å². The van der Waals surface area contributed by atoms with Gasteiger partial charge >= 0.3 is 0 Å². The fourth-order valence-electron chi connectivity index (χ4n) is 4.46. The molecule has 3 amide bonds. The number of amides is 3. The minimum atomic E-state index is -0.743. The lowest BCUT2D eigenvalue weighted by molar-refractivity contribution is -0.128. The number of rotatable bonds is 10. The maximum atomic E-state index is 13.2. The zero-order valence-electron chi connectivity index (χ0n) is 22.0. The highest BCUT2D eigenvalue weighted by molar-refractivity contribution is 5.95. The number of piperidine rings is 1. The van der Waals surface area contributed by atoms with Gasteiger partial charge in [-0.1, -0.05) is 18.2 Å². The number of hydrogen-bond acceptors (Lipinski definition) is 7. The Kier molecular flexibility index (Phi) is 9.59. The van der Waals surface area contributed by atoms with Gasteiger partial charge in [0.15, 0.2) is 11.5 Å². The van der Waals surface area contributed by atoms with Crippen molar-refractivity contribution in [3.8, 4) is 23.0 Å². The second kappa shape index (κ2) is 12.8. The molecule has 1 heterocycles. The normalized spacial score (nSPS) is 14.4. The number of nitrogens with zero attached hydrogens (tertiary/aromatic N) is 1. The van der Waals surface area contributed by atoms with Crippen molar-refractivity contribution in [3.05, 3.63) is 47.5 Å². The van der Waals surface area contributed by atoms with Gasteiger partial charge in [-0.2, -0.15) is 0 Å². The molecule has 3 rings (SSSR count). The predicted octanol–water partition coefficient (Wildman–Crippen LogP) is 2.19. The molecule has 0 spiro atoms. The van der Waals surface area contributed by atoms with Crippen LogP contribution in [0.3, 0.4) is 0 Å². The number of hydrogen-bond donors (Lipinski definition) is 2. The summed E-state index contributed by atoms with van der Waals surface area (Å²) in [6.45, 7) is 2.32. The summed E-state index contributed by atoms with van der Waals surface area (Å²) in [6, 6.07) is 9.80. The van der Waals surface area contributed by atoms with E-state index in [9.17, 15) is 14.4 Å². The number of carbonyl (C=O) groups excluding carboxylic acids is 3. The van der Waals surface area contributed by atoms with E-state index in [1.54, 1.807) is 24.1 Å². The molecule has 0 radical (unpaired) electrons. The number of para-hydroxylation sites is 1. The molecule has 10 nitrogen and oxygen atoms in total. The Morgan fingerprint density at radius 2 is 1.51 bits per heavy atom. The summed E-state index contributed by atoms with van der Waals surface area (Å²) >= 11 is 0. The lowest BCUT2D eigenvalue weighted by atomic mass is 10.0.